The predicted octanol–water partition coefficient (Wildman–Crippen LogP) is 4.44. The number of ether oxygens (including phenoxy) is 2. The molecule has 0 aliphatic rings. The third-order valence-electron chi connectivity index (χ3n) is 2.78. The Morgan fingerprint density at radius 2 is 1.85 bits per heavy atom. The van der Waals surface area contributed by atoms with Crippen LogP contribution in [0.25, 0.3) is 0 Å². The molecular formula is C15H14BrFO3. The first-order chi connectivity index (χ1) is 9.52. The van der Waals surface area contributed by atoms with Gasteiger partial charge >= 0.3 is 0 Å². The molecule has 0 heterocycles. The molecule has 1 N–H and O–H groups in total. The fourth-order valence-electron chi connectivity index (χ4n) is 1.88. The van der Waals surface area contributed by atoms with Crippen molar-refractivity contribution >= 4 is 15.9 Å². The molecule has 106 valence electrons. The Labute approximate surface area is 125 Å². The molecule has 0 aliphatic heterocycles. The third-order valence-corrected chi connectivity index (χ3v) is 3.43. The van der Waals surface area contributed by atoms with Crippen LogP contribution < -0.4 is 9.47 Å². The fraction of sp³-hybridized carbons (Fsp3) is 0.200. The largest absolute Gasteiger partial charge is 0.496 e. The van der Waals surface area contributed by atoms with Crippen LogP contribution in [0.5, 0.6) is 17.2 Å². The Morgan fingerprint density at radius 3 is 2.50 bits per heavy atom. The highest BCUT2D eigenvalue weighted by Crippen LogP contribution is 2.38. The number of hydrogen-bond donors (Lipinski definition) is 1. The van der Waals surface area contributed by atoms with Crippen LogP contribution >= 0.6 is 15.9 Å². The molecule has 2 aromatic carbocycles. The normalized spacial score (nSPS) is 12.1. The molecule has 0 spiro atoms. The first-order valence-electron chi connectivity index (χ1n) is 6.00. The molecule has 0 fully saturated rings. The third kappa shape index (κ3) is 3.11. The van der Waals surface area contributed by atoms with Gasteiger partial charge in [-0.1, -0.05) is 6.07 Å². The van der Waals surface area contributed by atoms with E-state index in [4.69, 9.17) is 9.47 Å². The van der Waals surface area contributed by atoms with Crippen LogP contribution in [0.1, 0.15) is 18.6 Å². The van der Waals surface area contributed by atoms with Gasteiger partial charge in [-0.15, -0.1) is 0 Å². The molecule has 0 unspecified atom stereocenters. The molecule has 0 aliphatic carbocycles. The van der Waals surface area contributed by atoms with Crippen molar-refractivity contribution in [2.24, 2.45) is 0 Å². The summed E-state index contributed by atoms with van der Waals surface area (Å²) in [4.78, 5) is 0. The molecule has 20 heavy (non-hydrogen) atoms. The topological polar surface area (TPSA) is 38.7 Å². The molecule has 2 aromatic rings. The first kappa shape index (κ1) is 14.8. The maximum atomic E-state index is 13.3. The Morgan fingerprint density at radius 1 is 1.15 bits per heavy atom. The maximum absolute atomic E-state index is 13.3. The number of hydrogen-bond acceptors (Lipinski definition) is 3. The Bertz CT molecular complexity index is 614. The van der Waals surface area contributed by atoms with E-state index in [1.165, 1.54) is 19.2 Å². The van der Waals surface area contributed by atoms with Crippen molar-refractivity contribution in [3.8, 4) is 17.2 Å². The van der Waals surface area contributed by atoms with Crippen LogP contribution in [-0.4, -0.2) is 12.2 Å². The van der Waals surface area contributed by atoms with Gasteiger partial charge in [0, 0.05) is 6.07 Å². The van der Waals surface area contributed by atoms with Crippen molar-refractivity contribution in [3.63, 3.8) is 0 Å². The van der Waals surface area contributed by atoms with Crippen molar-refractivity contribution in [2.75, 3.05) is 7.11 Å². The van der Waals surface area contributed by atoms with Crippen LogP contribution in [0.3, 0.4) is 0 Å². The van der Waals surface area contributed by atoms with Crippen LogP contribution in [0, 0.1) is 5.82 Å². The molecule has 0 saturated heterocycles. The van der Waals surface area contributed by atoms with E-state index in [1.807, 2.05) is 0 Å². The molecule has 0 bridgehead atoms. The zero-order valence-corrected chi connectivity index (χ0v) is 12.6. The monoisotopic (exact) mass is 340 g/mol. The summed E-state index contributed by atoms with van der Waals surface area (Å²) in [5.41, 5.74) is 0.520. The van der Waals surface area contributed by atoms with Gasteiger partial charge in [0.1, 0.15) is 23.1 Å². The van der Waals surface area contributed by atoms with Gasteiger partial charge in [-0.25, -0.2) is 4.39 Å². The second-order valence-electron chi connectivity index (χ2n) is 4.22. The minimum Gasteiger partial charge on any atom is -0.496 e. The Kier molecular flexibility index (Phi) is 4.62. The number of halogens is 2. The van der Waals surface area contributed by atoms with E-state index in [9.17, 15) is 9.50 Å². The quantitative estimate of drug-likeness (QED) is 0.893. The SMILES string of the molecule is COc1cccc(Oc2cc(F)ccc2Br)c1[C@H](C)O. The second kappa shape index (κ2) is 6.24. The van der Waals surface area contributed by atoms with Gasteiger partial charge in [0.05, 0.1) is 23.2 Å². The highest BCUT2D eigenvalue weighted by atomic mass is 79.9. The molecule has 1 atom stereocenters. The van der Waals surface area contributed by atoms with E-state index in [2.05, 4.69) is 15.9 Å². The van der Waals surface area contributed by atoms with E-state index < -0.39 is 11.9 Å². The average Bonchev–Trinajstić information content (AvgIpc) is 2.42. The number of aliphatic hydroxyl groups is 1. The second-order valence-corrected chi connectivity index (χ2v) is 5.08. The highest BCUT2D eigenvalue weighted by molar-refractivity contribution is 9.10. The molecule has 0 saturated carbocycles. The Hall–Kier alpha value is -1.59. The van der Waals surface area contributed by atoms with Gasteiger partial charge in [0.25, 0.3) is 0 Å². The zero-order valence-electron chi connectivity index (χ0n) is 11.1. The average molecular weight is 341 g/mol. The highest BCUT2D eigenvalue weighted by Gasteiger charge is 2.16. The summed E-state index contributed by atoms with van der Waals surface area (Å²) in [5.74, 6) is 0.875. The molecule has 3 nitrogen and oxygen atoms in total. The van der Waals surface area contributed by atoms with Crippen molar-refractivity contribution in [3.05, 3.63) is 52.3 Å². The minimum atomic E-state index is -0.770. The van der Waals surface area contributed by atoms with Crippen LogP contribution in [0.2, 0.25) is 0 Å². The van der Waals surface area contributed by atoms with E-state index in [0.29, 0.717) is 27.3 Å². The van der Waals surface area contributed by atoms with E-state index >= 15 is 0 Å². The van der Waals surface area contributed by atoms with Crippen molar-refractivity contribution < 1.29 is 19.0 Å². The van der Waals surface area contributed by atoms with E-state index in [-0.39, 0.29) is 0 Å². The molecular weight excluding hydrogens is 327 g/mol. The lowest BCUT2D eigenvalue weighted by Crippen LogP contribution is -2.00. The van der Waals surface area contributed by atoms with Gasteiger partial charge < -0.3 is 14.6 Å². The molecule has 5 heteroatoms. The molecule has 0 aromatic heterocycles. The first-order valence-corrected chi connectivity index (χ1v) is 6.80. The lowest BCUT2D eigenvalue weighted by atomic mass is 10.1. The molecule has 0 amide bonds. The summed E-state index contributed by atoms with van der Waals surface area (Å²) < 4.78 is 24.8. The number of benzene rings is 2. The number of methoxy groups -OCH3 is 1. The van der Waals surface area contributed by atoms with Crippen LogP contribution in [-0.2, 0) is 0 Å². The van der Waals surface area contributed by atoms with Gasteiger partial charge in [-0.2, -0.15) is 0 Å². The van der Waals surface area contributed by atoms with Crippen LogP contribution in [0.15, 0.2) is 40.9 Å². The summed E-state index contributed by atoms with van der Waals surface area (Å²) in [5, 5.41) is 9.87. The standard InChI is InChI=1S/C15H14BrFO3/c1-9(18)15-12(19-2)4-3-5-13(15)20-14-8-10(17)6-7-11(14)16/h3-9,18H,1-2H3/t9-/m0/s1. The van der Waals surface area contributed by atoms with Crippen molar-refractivity contribution in [2.45, 2.75) is 13.0 Å². The fourth-order valence-corrected chi connectivity index (χ4v) is 2.20. The summed E-state index contributed by atoms with van der Waals surface area (Å²) >= 11 is 3.30. The van der Waals surface area contributed by atoms with Gasteiger partial charge in [-0.3, -0.25) is 0 Å². The predicted molar refractivity (Wildman–Crippen MR) is 77.8 cm³/mol. The van der Waals surface area contributed by atoms with Gasteiger partial charge in [-0.05, 0) is 47.1 Å². The number of rotatable bonds is 4. The lowest BCUT2D eigenvalue weighted by Gasteiger charge is -2.17. The smallest absolute Gasteiger partial charge is 0.144 e. The summed E-state index contributed by atoms with van der Waals surface area (Å²) in [6.07, 6.45) is -0.770. The summed E-state index contributed by atoms with van der Waals surface area (Å²) in [6, 6.07) is 9.34. The molecule has 2 rings (SSSR count). The minimum absolute atomic E-state index is 0.333. The zero-order chi connectivity index (χ0) is 14.7. The van der Waals surface area contributed by atoms with Crippen molar-refractivity contribution in [1.82, 2.24) is 0 Å². The van der Waals surface area contributed by atoms with Gasteiger partial charge in [0.15, 0.2) is 0 Å². The van der Waals surface area contributed by atoms with Crippen LogP contribution in [0.4, 0.5) is 4.39 Å². The van der Waals surface area contributed by atoms with Crippen molar-refractivity contribution in [1.29, 1.82) is 0 Å². The lowest BCUT2D eigenvalue weighted by molar-refractivity contribution is 0.190. The number of aliphatic hydroxyl groups excluding tert-OH is 1. The Balaban J connectivity index is 2.45. The summed E-state index contributed by atoms with van der Waals surface area (Å²) in [7, 11) is 1.52. The summed E-state index contributed by atoms with van der Waals surface area (Å²) in [6.45, 7) is 1.62. The van der Waals surface area contributed by atoms with E-state index in [0.717, 1.165) is 0 Å². The maximum Gasteiger partial charge on any atom is 0.144 e. The van der Waals surface area contributed by atoms with E-state index in [1.54, 1.807) is 31.2 Å². The molecule has 0 radical (unpaired) electrons. The van der Waals surface area contributed by atoms with Gasteiger partial charge in [0.2, 0.25) is 0 Å².